The Balaban J connectivity index is 0.000000313. The largest absolute Gasteiger partial charge is 0.508 e. The van der Waals surface area contributed by atoms with Gasteiger partial charge in [-0.2, -0.15) is 8.42 Å². The number of rotatable bonds is 16. The number of hydrogen-bond donors (Lipinski definition) is 3. The minimum absolute atomic E-state index is 0.230. The van der Waals surface area contributed by atoms with Crippen LogP contribution in [0.2, 0.25) is 0 Å². The van der Waals surface area contributed by atoms with Gasteiger partial charge in [0.25, 0.3) is 10.1 Å². The molecule has 14 heteroatoms. The van der Waals surface area contributed by atoms with Crippen LogP contribution in [0.1, 0.15) is 76.6 Å². The van der Waals surface area contributed by atoms with E-state index in [4.69, 9.17) is 19.3 Å². The van der Waals surface area contributed by atoms with E-state index in [9.17, 15) is 18.0 Å². The van der Waals surface area contributed by atoms with Gasteiger partial charge in [-0.1, -0.05) is 36.4 Å². The number of carbonyl (C=O) groups excluding carboxylic acids is 2. The highest BCUT2D eigenvalue weighted by molar-refractivity contribution is 7.85. The van der Waals surface area contributed by atoms with Gasteiger partial charge in [-0.3, -0.25) is 14.2 Å². The van der Waals surface area contributed by atoms with E-state index in [-0.39, 0.29) is 18.4 Å². The first-order chi connectivity index (χ1) is 26.9. The fourth-order valence-electron chi connectivity index (χ4n) is 4.71. The van der Waals surface area contributed by atoms with Gasteiger partial charge in [-0.25, -0.2) is 9.59 Å². The summed E-state index contributed by atoms with van der Waals surface area (Å²) in [5.41, 5.74) is 3.57. The molecule has 0 aliphatic heterocycles. The lowest BCUT2D eigenvalue weighted by Gasteiger charge is -2.19. The van der Waals surface area contributed by atoms with Crippen LogP contribution >= 0.6 is 0 Å². The first-order valence-corrected chi connectivity index (χ1v) is 20.7. The third kappa shape index (κ3) is 26.3. The first-order valence-electron chi connectivity index (χ1n) is 18.9. The van der Waals surface area contributed by atoms with Crippen molar-refractivity contribution >= 4 is 22.3 Å². The van der Waals surface area contributed by atoms with Gasteiger partial charge in [-0.05, 0) is 139 Å². The molecule has 0 saturated heterocycles. The first kappa shape index (κ1) is 47.9. The number of alkyl carbamates (subject to hydrolysis) is 2. The molecule has 0 saturated carbocycles. The molecule has 2 aromatic heterocycles. The van der Waals surface area contributed by atoms with Gasteiger partial charge in [0, 0.05) is 37.9 Å². The van der Waals surface area contributed by atoms with E-state index in [0.717, 1.165) is 54.4 Å². The average Bonchev–Trinajstić information content (AvgIpc) is 3.13. The Hall–Kier alpha value is -5.21. The summed E-state index contributed by atoms with van der Waals surface area (Å²) >= 11 is 0. The average molecular weight is 809 g/mol. The molecular weight excluding hydrogens is 749 g/mol. The van der Waals surface area contributed by atoms with Crippen LogP contribution in [-0.4, -0.2) is 79.4 Å². The molecule has 0 fully saturated rings. The predicted octanol–water partition coefficient (Wildman–Crippen LogP) is 7.61. The Bertz CT molecular complexity index is 1810. The van der Waals surface area contributed by atoms with Crippen LogP contribution in [-0.2, 0) is 49.5 Å². The molecule has 3 N–H and O–H groups in total. The van der Waals surface area contributed by atoms with Gasteiger partial charge in [0.15, 0.2) is 0 Å². The van der Waals surface area contributed by atoms with Crippen molar-refractivity contribution in [1.82, 2.24) is 20.6 Å². The standard InChI is InChI=1S/C21H28N2O3.C13H19NO3.C9H13NO3S/c1-21(2,3)26-20(24)23-14-12-17-8-10-19(11-9-17)25-15-5-7-18-6-4-13-22-16-18;1-13(2,3)17-12(16)14-9-8-10-4-6-11(15)7-5-10;1-14(11,12)13-7-3-5-9-4-2-6-10-8-9/h4,6,8-11,13,16H,5,7,12,14-15H2,1-3H3,(H,23,24);4-7,15H,8-9H2,1-3H3,(H,14,16);2,4,6,8H,3,5,7H2,1H3. The second-order valence-electron chi connectivity index (χ2n) is 15.0. The molecule has 0 spiro atoms. The summed E-state index contributed by atoms with van der Waals surface area (Å²) in [7, 11) is -3.29. The van der Waals surface area contributed by atoms with E-state index >= 15 is 0 Å². The van der Waals surface area contributed by atoms with Crippen LogP contribution in [0, 0.1) is 0 Å². The van der Waals surface area contributed by atoms with Crippen LogP contribution in [0.15, 0.2) is 97.6 Å². The highest BCUT2D eigenvalue weighted by Gasteiger charge is 2.16. The number of pyridine rings is 2. The Labute approximate surface area is 338 Å². The number of ether oxygens (including phenoxy) is 3. The van der Waals surface area contributed by atoms with Crippen LogP contribution in [0.4, 0.5) is 9.59 Å². The zero-order valence-corrected chi connectivity index (χ0v) is 35.1. The topological polar surface area (TPSA) is 175 Å². The van der Waals surface area contributed by atoms with Crippen LogP contribution < -0.4 is 15.4 Å². The second-order valence-corrected chi connectivity index (χ2v) is 16.6. The minimum Gasteiger partial charge on any atom is -0.508 e. The van der Waals surface area contributed by atoms with Gasteiger partial charge < -0.3 is 30.0 Å². The maximum Gasteiger partial charge on any atom is 0.407 e. The number of nitrogens with one attached hydrogen (secondary N) is 2. The van der Waals surface area contributed by atoms with E-state index in [1.807, 2.05) is 102 Å². The molecule has 312 valence electrons. The summed E-state index contributed by atoms with van der Waals surface area (Å²) in [6.07, 6.45) is 12.2. The normalized spacial score (nSPS) is 11.1. The highest BCUT2D eigenvalue weighted by atomic mass is 32.2. The Kier molecular flexibility index (Phi) is 21.1. The molecule has 0 aliphatic rings. The molecule has 2 aromatic carbocycles. The summed E-state index contributed by atoms with van der Waals surface area (Å²) in [5, 5.41) is 14.5. The van der Waals surface area contributed by atoms with Crippen molar-refractivity contribution in [1.29, 1.82) is 0 Å². The number of carbonyl (C=O) groups is 2. The quantitative estimate of drug-likeness (QED) is 0.0751. The molecule has 57 heavy (non-hydrogen) atoms. The van der Waals surface area contributed by atoms with Gasteiger partial charge in [0.05, 0.1) is 19.5 Å². The molecule has 0 unspecified atom stereocenters. The molecule has 0 radical (unpaired) electrons. The Morgan fingerprint density at radius 1 is 0.632 bits per heavy atom. The molecule has 4 aromatic rings. The van der Waals surface area contributed by atoms with E-state index < -0.39 is 27.4 Å². The predicted molar refractivity (Wildman–Crippen MR) is 222 cm³/mol. The van der Waals surface area contributed by atoms with Crippen molar-refractivity contribution in [2.24, 2.45) is 0 Å². The number of phenolic OH excluding ortho intramolecular Hbond substituents is 1. The zero-order valence-electron chi connectivity index (χ0n) is 34.3. The zero-order chi connectivity index (χ0) is 42.2. The summed E-state index contributed by atoms with van der Waals surface area (Å²) in [6, 6.07) is 22.7. The Morgan fingerprint density at radius 2 is 1.07 bits per heavy atom. The maximum absolute atomic E-state index is 11.6. The van der Waals surface area contributed by atoms with Gasteiger partial charge in [0.1, 0.15) is 22.7 Å². The van der Waals surface area contributed by atoms with E-state index in [0.29, 0.717) is 32.5 Å². The number of hydrogen-bond acceptors (Lipinski definition) is 11. The van der Waals surface area contributed by atoms with Crippen LogP contribution in [0.5, 0.6) is 11.5 Å². The molecule has 0 atom stereocenters. The fourth-order valence-corrected chi connectivity index (χ4v) is 5.13. The van der Waals surface area contributed by atoms with Crippen molar-refractivity contribution in [3.8, 4) is 11.5 Å². The third-order valence-electron chi connectivity index (χ3n) is 7.25. The summed E-state index contributed by atoms with van der Waals surface area (Å²) in [5.74, 6) is 1.11. The SMILES string of the molecule is CC(C)(C)OC(=O)NCCc1ccc(O)cc1.CC(C)(C)OC(=O)NCCc1ccc(OCCCc2cccnc2)cc1.CS(=O)(=O)OCCCc1cccnc1. The lowest BCUT2D eigenvalue weighted by atomic mass is 10.1. The van der Waals surface area contributed by atoms with Gasteiger partial charge in [0.2, 0.25) is 0 Å². The summed E-state index contributed by atoms with van der Waals surface area (Å²) in [4.78, 5) is 31.0. The number of benzene rings is 2. The van der Waals surface area contributed by atoms with Gasteiger partial charge >= 0.3 is 12.2 Å². The van der Waals surface area contributed by atoms with Gasteiger partial charge in [-0.15, -0.1) is 0 Å². The lowest BCUT2D eigenvalue weighted by molar-refractivity contribution is 0.0517. The molecule has 4 rings (SSSR count). The van der Waals surface area contributed by atoms with Crippen LogP contribution in [0.25, 0.3) is 0 Å². The number of nitrogens with zero attached hydrogens (tertiary/aromatic N) is 2. The number of aromatic hydroxyl groups is 1. The number of amides is 2. The van der Waals surface area contributed by atoms with Crippen molar-refractivity contribution < 1.29 is 41.5 Å². The lowest BCUT2D eigenvalue weighted by Crippen LogP contribution is -2.33. The maximum atomic E-state index is 11.6. The van der Waals surface area contributed by atoms with Crippen LogP contribution in [0.3, 0.4) is 0 Å². The Morgan fingerprint density at radius 3 is 1.47 bits per heavy atom. The van der Waals surface area contributed by atoms with Crippen molar-refractivity contribution in [2.45, 2.75) is 91.3 Å². The molecule has 0 aliphatic carbocycles. The highest BCUT2D eigenvalue weighted by Crippen LogP contribution is 2.14. The number of aromatic nitrogens is 2. The number of aryl methyl sites for hydroxylation is 2. The summed E-state index contributed by atoms with van der Waals surface area (Å²) in [6.45, 7) is 13.0. The molecule has 0 bridgehead atoms. The summed E-state index contributed by atoms with van der Waals surface area (Å²) < 4.78 is 41.9. The molecular formula is C43H60N4O9S. The second kappa shape index (κ2) is 25.1. The molecule has 2 heterocycles. The molecule has 13 nitrogen and oxygen atoms in total. The van der Waals surface area contributed by atoms with Crippen molar-refractivity contribution in [3.63, 3.8) is 0 Å². The van der Waals surface area contributed by atoms with E-state index in [2.05, 4.69) is 30.9 Å². The van der Waals surface area contributed by atoms with E-state index in [1.165, 1.54) is 5.56 Å². The van der Waals surface area contributed by atoms with Crippen molar-refractivity contribution in [3.05, 3.63) is 120 Å². The minimum atomic E-state index is -3.29. The smallest absolute Gasteiger partial charge is 0.407 e. The third-order valence-corrected chi connectivity index (χ3v) is 7.85. The monoisotopic (exact) mass is 808 g/mol. The molecule has 2 amide bonds. The van der Waals surface area contributed by atoms with Crippen molar-refractivity contribution in [2.75, 3.05) is 32.6 Å². The number of phenols is 1. The van der Waals surface area contributed by atoms with E-state index in [1.54, 1.807) is 30.7 Å². The fraction of sp³-hybridized carbons (Fsp3) is 0.442.